The summed E-state index contributed by atoms with van der Waals surface area (Å²) >= 11 is 1.28. The molecule has 0 bridgehead atoms. The third kappa shape index (κ3) is 5.36. The second-order valence-corrected chi connectivity index (χ2v) is 8.89. The molecular formula is C26H24FN5O2S. The Hall–Kier alpha value is -3.69. The second-order valence-electron chi connectivity index (χ2n) is 7.95. The van der Waals surface area contributed by atoms with Gasteiger partial charge < -0.3 is 15.0 Å². The van der Waals surface area contributed by atoms with Crippen LogP contribution < -0.4 is 10.2 Å². The van der Waals surface area contributed by atoms with Gasteiger partial charge in [-0.2, -0.15) is 0 Å². The average molecular weight is 490 g/mol. The zero-order chi connectivity index (χ0) is 24.0. The monoisotopic (exact) mass is 489 g/mol. The molecule has 0 radical (unpaired) electrons. The lowest BCUT2D eigenvalue weighted by atomic mass is 10.2. The van der Waals surface area contributed by atoms with Gasteiger partial charge in [-0.05, 0) is 30.3 Å². The number of hydrogen-bond acceptors (Lipinski definition) is 6. The SMILES string of the molecule is O=C(CSc1nnc(-c2ccccc2)n1-c1ccccc1)Nc1ccc(N2CCOCC2)c(F)c1. The largest absolute Gasteiger partial charge is 0.378 e. The standard InChI is InChI=1S/C26H24FN5O2S/c27-22-17-20(11-12-23(22)31-13-15-34-16-14-31)28-24(33)18-35-26-30-29-25(19-7-3-1-4-8-19)32(26)21-9-5-2-6-10-21/h1-12,17H,13-16,18H2,(H,28,33). The first-order valence-corrected chi connectivity index (χ1v) is 12.3. The number of carbonyl (C=O) groups is 1. The fourth-order valence-corrected chi connectivity index (χ4v) is 4.67. The number of rotatable bonds is 7. The molecule has 2 heterocycles. The molecule has 9 heteroatoms. The topological polar surface area (TPSA) is 72.3 Å². The van der Waals surface area contributed by atoms with Crippen LogP contribution in [0.15, 0.2) is 84.0 Å². The third-order valence-electron chi connectivity index (χ3n) is 5.60. The number of halogens is 1. The van der Waals surface area contributed by atoms with E-state index in [0.717, 1.165) is 11.3 Å². The molecule has 5 rings (SSSR count). The van der Waals surface area contributed by atoms with Crippen molar-refractivity contribution in [3.63, 3.8) is 0 Å². The molecule has 0 saturated carbocycles. The molecule has 35 heavy (non-hydrogen) atoms. The molecule has 1 aromatic heterocycles. The Kier molecular flexibility index (Phi) is 7.06. The van der Waals surface area contributed by atoms with Gasteiger partial charge in [-0.15, -0.1) is 10.2 Å². The molecule has 1 saturated heterocycles. The smallest absolute Gasteiger partial charge is 0.234 e. The van der Waals surface area contributed by atoms with Gasteiger partial charge >= 0.3 is 0 Å². The number of thioether (sulfide) groups is 1. The molecule has 1 fully saturated rings. The van der Waals surface area contributed by atoms with Crippen molar-refractivity contribution >= 4 is 29.0 Å². The summed E-state index contributed by atoms with van der Waals surface area (Å²) < 4.78 is 21.9. The first-order valence-electron chi connectivity index (χ1n) is 11.3. The normalized spacial score (nSPS) is 13.6. The number of para-hydroxylation sites is 1. The Balaban J connectivity index is 1.29. The number of nitrogens with one attached hydrogen (secondary N) is 1. The highest BCUT2D eigenvalue weighted by Gasteiger charge is 2.18. The number of morpholine rings is 1. The highest BCUT2D eigenvalue weighted by atomic mass is 32.2. The van der Waals surface area contributed by atoms with Crippen LogP contribution in [0, 0.1) is 5.82 Å². The maximum Gasteiger partial charge on any atom is 0.234 e. The molecule has 0 unspecified atom stereocenters. The lowest BCUT2D eigenvalue weighted by Gasteiger charge is -2.29. The van der Waals surface area contributed by atoms with E-state index in [4.69, 9.17) is 4.74 Å². The molecule has 1 aliphatic rings. The first kappa shape index (κ1) is 23.1. The number of amides is 1. The molecule has 4 aromatic rings. The molecule has 7 nitrogen and oxygen atoms in total. The van der Waals surface area contributed by atoms with Gasteiger partial charge in [0.2, 0.25) is 5.91 Å². The second kappa shape index (κ2) is 10.7. The molecular weight excluding hydrogens is 465 g/mol. The van der Waals surface area contributed by atoms with Crippen LogP contribution in [0.4, 0.5) is 15.8 Å². The summed E-state index contributed by atoms with van der Waals surface area (Å²) in [6.07, 6.45) is 0. The van der Waals surface area contributed by atoms with Gasteiger partial charge in [0, 0.05) is 30.0 Å². The molecule has 1 N–H and O–H groups in total. The van der Waals surface area contributed by atoms with E-state index in [2.05, 4.69) is 15.5 Å². The van der Waals surface area contributed by atoms with Gasteiger partial charge in [-0.3, -0.25) is 9.36 Å². The summed E-state index contributed by atoms with van der Waals surface area (Å²) in [6.45, 7) is 2.45. The van der Waals surface area contributed by atoms with Crippen LogP contribution in [0.25, 0.3) is 17.1 Å². The Morgan fingerprint density at radius 1 is 0.971 bits per heavy atom. The van der Waals surface area contributed by atoms with Crippen LogP contribution >= 0.6 is 11.8 Å². The van der Waals surface area contributed by atoms with Crippen LogP contribution in [0.5, 0.6) is 0 Å². The third-order valence-corrected chi connectivity index (χ3v) is 6.52. The Morgan fingerprint density at radius 3 is 2.40 bits per heavy atom. The Bertz CT molecular complexity index is 1290. The number of benzene rings is 3. The van der Waals surface area contributed by atoms with E-state index in [1.165, 1.54) is 17.8 Å². The number of carbonyl (C=O) groups excluding carboxylic acids is 1. The van der Waals surface area contributed by atoms with Crippen LogP contribution in [0.2, 0.25) is 0 Å². The highest BCUT2D eigenvalue weighted by molar-refractivity contribution is 7.99. The minimum absolute atomic E-state index is 0.104. The van der Waals surface area contributed by atoms with Crippen LogP contribution in [0.1, 0.15) is 0 Å². The van der Waals surface area contributed by atoms with E-state index >= 15 is 0 Å². The lowest BCUT2D eigenvalue weighted by Crippen LogP contribution is -2.36. The maximum atomic E-state index is 14.7. The van der Waals surface area contributed by atoms with Gasteiger partial charge in [0.15, 0.2) is 11.0 Å². The van der Waals surface area contributed by atoms with Crippen molar-refractivity contribution in [3.05, 3.63) is 84.7 Å². The average Bonchev–Trinajstić information content (AvgIpc) is 3.33. The van der Waals surface area contributed by atoms with Gasteiger partial charge in [0.05, 0.1) is 24.7 Å². The number of hydrogen-bond donors (Lipinski definition) is 1. The number of aromatic nitrogens is 3. The number of nitrogens with zero attached hydrogens (tertiary/aromatic N) is 4. The van der Waals surface area contributed by atoms with E-state index in [1.807, 2.05) is 70.1 Å². The number of anilines is 2. The fraction of sp³-hybridized carbons (Fsp3) is 0.192. The van der Waals surface area contributed by atoms with Crippen LogP contribution in [0.3, 0.4) is 0 Å². The van der Waals surface area contributed by atoms with E-state index < -0.39 is 0 Å². The van der Waals surface area contributed by atoms with Gasteiger partial charge in [0.25, 0.3) is 0 Å². The molecule has 3 aromatic carbocycles. The zero-order valence-electron chi connectivity index (χ0n) is 18.9. The van der Waals surface area contributed by atoms with Crippen molar-refractivity contribution in [1.29, 1.82) is 0 Å². The molecule has 0 atom stereocenters. The van der Waals surface area contributed by atoms with Gasteiger partial charge in [0.1, 0.15) is 5.82 Å². The molecule has 178 valence electrons. The Labute approximate surface area is 206 Å². The summed E-state index contributed by atoms with van der Waals surface area (Å²) in [5, 5.41) is 12.1. The Morgan fingerprint density at radius 2 is 1.69 bits per heavy atom. The maximum absolute atomic E-state index is 14.7. The summed E-state index contributed by atoms with van der Waals surface area (Å²) in [5.41, 5.74) is 2.76. The molecule has 0 spiro atoms. The van der Waals surface area contributed by atoms with Crippen molar-refractivity contribution < 1.29 is 13.9 Å². The van der Waals surface area contributed by atoms with E-state index in [-0.39, 0.29) is 17.5 Å². The molecule has 1 aliphatic heterocycles. The number of ether oxygens (including phenoxy) is 1. The zero-order valence-corrected chi connectivity index (χ0v) is 19.7. The molecule has 1 amide bonds. The van der Waals surface area contributed by atoms with Crippen molar-refractivity contribution in [2.75, 3.05) is 42.3 Å². The molecule has 0 aliphatic carbocycles. The van der Waals surface area contributed by atoms with E-state index in [0.29, 0.717) is 48.7 Å². The highest BCUT2D eigenvalue weighted by Crippen LogP contribution is 2.28. The van der Waals surface area contributed by atoms with Gasteiger partial charge in [-0.25, -0.2) is 4.39 Å². The summed E-state index contributed by atoms with van der Waals surface area (Å²) in [6, 6.07) is 24.3. The van der Waals surface area contributed by atoms with Crippen LogP contribution in [-0.4, -0.2) is 52.7 Å². The van der Waals surface area contributed by atoms with Gasteiger partial charge in [-0.1, -0.05) is 60.3 Å². The van der Waals surface area contributed by atoms with Crippen LogP contribution in [-0.2, 0) is 9.53 Å². The quantitative estimate of drug-likeness (QED) is 0.382. The lowest BCUT2D eigenvalue weighted by molar-refractivity contribution is -0.113. The fourth-order valence-electron chi connectivity index (χ4n) is 3.92. The minimum atomic E-state index is -0.367. The minimum Gasteiger partial charge on any atom is -0.378 e. The van der Waals surface area contributed by atoms with E-state index in [1.54, 1.807) is 12.1 Å². The summed E-state index contributed by atoms with van der Waals surface area (Å²) in [7, 11) is 0. The first-order chi connectivity index (χ1) is 17.2. The van der Waals surface area contributed by atoms with Crippen molar-refractivity contribution in [1.82, 2.24) is 14.8 Å². The summed E-state index contributed by atoms with van der Waals surface area (Å²) in [4.78, 5) is 14.6. The summed E-state index contributed by atoms with van der Waals surface area (Å²) in [5.74, 6) is 0.179. The van der Waals surface area contributed by atoms with E-state index in [9.17, 15) is 9.18 Å². The predicted octanol–water partition coefficient (Wildman–Crippen LogP) is 4.64. The van der Waals surface area contributed by atoms with Crippen molar-refractivity contribution in [2.24, 2.45) is 0 Å². The predicted molar refractivity (Wildman–Crippen MR) is 136 cm³/mol. The van der Waals surface area contributed by atoms with Crippen molar-refractivity contribution in [2.45, 2.75) is 5.16 Å². The van der Waals surface area contributed by atoms with Crippen molar-refractivity contribution in [3.8, 4) is 17.1 Å².